The summed E-state index contributed by atoms with van der Waals surface area (Å²) in [6, 6.07) is 1.29. The second-order valence-electron chi connectivity index (χ2n) is 3.46. The summed E-state index contributed by atoms with van der Waals surface area (Å²) in [6.45, 7) is 8.31. The fourth-order valence-electron chi connectivity index (χ4n) is 1.94. The van der Waals surface area contributed by atoms with Gasteiger partial charge in [0.1, 0.15) is 0 Å². The van der Waals surface area contributed by atoms with Gasteiger partial charge < -0.3 is 8.85 Å². The molecule has 0 atom stereocenters. The van der Waals surface area contributed by atoms with Gasteiger partial charge in [-0.2, -0.15) is 0 Å². The van der Waals surface area contributed by atoms with Crippen LogP contribution in [0.1, 0.15) is 20.8 Å². The van der Waals surface area contributed by atoms with E-state index < -0.39 is 17.4 Å². The molecule has 1 fully saturated rings. The van der Waals surface area contributed by atoms with Gasteiger partial charge in [-0.25, -0.2) is 0 Å². The van der Waals surface area contributed by atoms with Crippen LogP contribution in [0.25, 0.3) is 0 Å². The lowest BCUT2D eigenvalue weighted by molar-refractivity contribution is 0.300. The van der Waals surface area contributed by atoms with E-state index in [1.54, 1.807) is 0 Å². The minimum absolute atomic E-state index is 0.738. The van der Waals surface area contributed by atoms with Gasteiger partial charge in [0.25, 0.3) is 0 Å². The Labute approximate surface area is 78.1 Å². The topological polar surface area (TPSA) is 18.5 Å². The quantitative estimate of drug-likeness (QED) is 0.636. The zero-order chi connectivity index (χ0) is 9.03. The van der Waals surface area contributed by atoms with E-state index in [0.29, 0.717) is 0 Å². The van der Waals surface area contributed by atoms with Gasteiger partial charge in [-0.1, -0.05) is 6.92 Å². The molecule has 4 heteroatoms. The molecule has 1 saturated heterocycles. The van der Waals surface area contributed by atoms with Gasteiger partial charge in [-0.05, 0) is 31.2 Å². The number of rotatable bonds is 5. The fraction of sp³-hybridized carbons (Fsp3) is 1.00. The summed E-state index contributed by atoms with van der Waals surface area (Å²) in [7, 11) is -1.92. The standard InChI is InChI=1S/C8H20O2Si2/c1-4-9-11-7-12(6-3,8-11)10-5-2/h11H,4-8H2,1-3H3. The highest BCUT2D eigenvalue weighted by atomic mass is 28.4. The largest absolute Gasteiger partial charge is 0.421 e. The molecule has 0 radical (unpaired) electrons. The predicted molar refractivity (Wildman–Crippen MR) is 56.3 cm³/mol. The Hall–Kier alpha value is 0.354. The van der Waals surface area contributed by atoms with Crippen molar-refractivity contribution >= 4 is 17.4 Å². The summed E-state index contributed by atoms with van der Waals surface area (Å²) in [6.07, 6.45) is 0. The lowest BCUT2D eigenvalue weighted by Gasteiger charge is -2.42. The van der Waals surface area contributed by atoms with Crippen LogP contribution in [0.15, 0.2) is 0 Å². The molecule has 0 aromatic rings. The fourth-order valence-corrected chi connectivity index (χ4v) is 13.6. The van der Waals surface area contributed by atoms with Crippen LogP contribution < -0.4 is 0 Å². The lowest BCUT2D eigenvalue weighted by Crippen LogP contribution is -2.56. The van der Waals surface area contributed by atoms with Crippen LogP contribution in [0.2, 0.25) is 17.4 Å². The highest BCUT2D eigenvalue weighted by Crippen LogP contribution is 2.36. The van der Waals surface area contributed by atoms with Crippen molar-refractivity contribution in [1.29, 1.82) is 0 Å². The Morgan fingerprint density at radius 3 is 2.25 bits per heavy atom. The van der Waals surface area contributed by atoms with Gasteiger partial charge >= 0.3 is 0 Å². The Morgan fingerprint density at radius 2 is 1.83 bits per heavy atom. The first kappa shape index (κ1) is 10.4. The Bertz CT molecular complexity index is 135. The van der Waals surface area contributed by atoms with E-state index in [1.807, 2.05) is 0 Å². The van der Waals surface area contributed by atoms with Gasteiger partial charge in [0.2, 0.25) is 0 Å². The molecule has 0 bridgehead atoms. The molecule has 0 spiro atoms. The van der Waals surface area contributed by atoms with E-state index >= 15 is 0 Å². The van der Waals surface area contributed by atoms with Crippen molar-refractivity contribution in [1.82, 2.24) is 0 Å². The minimum atomic E-state index is -1.18. The second kappa shape index (κ2) is 4.55. The molecule has 0 amide bonds. The van der Waals surface area contributed by atoms with Gasteiger partial charge in [0, 0.05) is 13.2 Å². The molecular weight excluding hydrogens is 184 g/mol. The van der Waals surface area contributed by atoms with E-state index in [0.717, 1.165) is 13.2 Å². The lowest BCUT2D eigenvalue weighted by atomic mass is 10.9. The molecule has 0 saturated carbocycles. The zero-order valence-corrected chi connectivity index (χ0v) is 10.6. The molecule has 1 heterocycles. The van der Waals surface area contributed by atoms with E-state index in [9.17, 15) is 0 Å². The van der Waals surface area contributed by atoms with E-state index in [1.165, 1.54) is 17.4 Å². The summed E-state index contributed by atoms with van der Waals surface area (Å²) in [5.74, 6) is 0. The van der Waals surface area contributed by atoms with Crippen LogP contribution in [-0.4, -0.2) is 30.6 Å². The zero-order valence-electron chi connectivity index (χ0n) is 8.43. The van der Waals surface area contributed by atoms with Gasteiger partial charge in [0.05, 0.1) is 0 Å². The van der Waals surface area contributed by atoms with Gasteiger partial charge in [-0.3, -0.25) is 0 Å². The Kier molecular flexibility index (Phi) is 3.96. The first-order valence-electron chi connectivity index (χ1n) is 5.02. The van der Waals surface area contributed by atoms with Crippen molar-refractivity contribution in [2.45, 2.75) is 38.2 Å². The molecule has 0 aliphatic carbocycles. The van der Waals surface area contributed by atoms with E-state index in [2.05, 4.69) is 20.8 Å². The molecule has 1 rings (SSSR count). The maximum Gasteiger partial charge on any atom is 0.191 e. The highest BCUT2D eigenvalue weighted by molar-refractivity contribution is 7.00. The number of hydrogen-bond acceptors (Lipinski definition) is 2. The van der Waals surface area contributed by atoms with E-state index in [-0.39, 0.29) is 0 Å². The smallest absolute Gasteiger partial charge is 0.191 e. The summed E-state index contributed by atoms with van der Waals surface area (Å²) in [4.78, 5) is 0. The average Bonchev–Trinajstić information content (AvgIpc) is 2.01. The average molecular weight is 204 g/mol. The number of hydrogen-bond donors (Lipinski definition) is 0. The third kappa shape index (κ3) is 2.19. The van der Waals surface area contributed by atoms with Crippen molar-refractivity contribution in [3.8, 4) is 0 Å². The first-order valence-corrected chi connectivity index (χ1v) is 9.65. The Morgan fingerprint density at radius 1 is 1.17 bits per heavy atom. The monoisotopic (exact) mass is 204 g/mol. The summed E-state index contributed by atoms with van der Waals surface area (Å²) in [5.41, 5.74) is 2.73. The molecule has 0 aromatic heterocycles. The van der Waals surface area contributed by atoms with Crippen molar-refractivity contribution in [3.05, 3.63) is 0 Å². The summed E-state index contributed by atoms with van der Waals surface area (Å²) >= 11 is 0. The normalized spacial score (nSPS) is 34.8. The molecule has 0 aromatic carbocycles. The van der Waals surface area contributed by atoms with Crippen LogP contribution in [0.4, 0.5) is 0 Å². The molecule has 12 heavy (non-hydrogen) atoms. The van der Waals surface area contributed by atoms with Crippen molar-refractivity contribution in [2.24, 2.45) is 0 Å². The third-order valence-electron chi connectivity index (χ3n) is 2.70. The van der Waals surface area contributed by atoms with Crippen LogP contribution in [0.5, 0.6) is 0 Å². The maximum absolute atomic E-state index is 5.88. The van der Waals surface area contributed by atoms with Crippen LogP contribution >= 0.6 is 0 Å². The second-order valence-corrected chi connectivity index (χ2v) is 11.7. The SMILES string of the molecule is CCO[SiH]1C[Si](CC)(OCC)C1. The van der Waals surface area contributed by atoms with Crippen molar-refractivity contribution < 1.29 is 8.85 Å². The molecule has 2 nitrogen and oxygen atoms in total. The van der Waals surface area contributed by atoms with Crippen LogP contribution in [0.3, 0.4) is 0 Å². The van der Waals surface area contributed by atoms with Gasteiger partial charge in [0.15, 0.2) is 17.4 Å². The molecular formula is C8H20O2Si2. The van der Waals surface area contributed by atoms with E-state index in [4.69, 9.17) is 8.85 Å². The predicted octanol–water partition coefficient (Wildman–Crippen LogP) is 1.84. The van der Waals surface area contributed by atoms with Crippen molar-refractivity contribution in [2.75, 3.05) is 13.2 Å². The van der Waals surface area contributed by atoms with Crippen LogP contribution in [-0.2, 0) is 8.85 Å². The summed E-state index contributed by atoms with van der Waals surface area (Å²) < 4.78 is 11.6. The molecule has 1 aliphatic heterocycles. The molecule has 0 unspecified atom stereocenters. The minimum Gasteiger partial charge on any atom is -0.421 e. The first-order chi connectivity index (χ1) is 5.76. The molecule has 0 N–H and O–H groups in total. The molecule has 72 valence electrons. The van der Waals surface area contributed by atoms with Crippen LogP contribution in [0, 0.1) is 0 Å². The van der Waals surface area contributed by atoms with Crippen molar-refractivity contribution in [3.63, 3.8) is 0 Å². The maximum atomic E-state index is 5.88. The molecule has 1 aliphatic rings. The van der Waals surface area contributed by atoms with Gasteiger partial charge in [-0.15, -0.1) is 0 Å². The highest BCUT2D eigenvalue weighted by Gasteiger charge is 2.48. The summed E-state index contributed by atoms with van der Waals surface area (Å²) in [5, 5.41) is 0. The Balaban J connectivity index is 2.25. The third-order valence-corrected chi connectivity index (χ3v) is 15.3.